The van der Waals surface area contributed by atoms with E-state index in [4.69, 9.17) is 5.11 Å². The predicted octanol–water partition coefficient (Wildman–Crippen LogP) is 1.36. The molecule has 0 aliphatic carbocycles. The molecule has 1 heterocycles. The highest BCUT2D eigenvalue weighted by atomic mass is 19.2. The number of aliphatic hydroxyl groups is 1. The van der Waals surface area contributed by atoms with Crippen molar-refractivity contribution in [1.82, 2.24) is 4.90 Å². The number of anilines is 1. The van der Waals surface area contributed by atoms with Gasteiger partial charge in [-0.3, -0.25) is 9.69 Å². The van der Waals surface area contributed by atoms with Gasteiger partial charge in [0, 0.05) is 13.2 Å². The molecule has 1 aromatic carbocycles. The number of nitrogens with zero attached hydrogens (tertiary/aromatic N) is 1. The van der Waals surface area contributed by atoms with Gasteiger partial charge in [0.15, 0.2) is 17.5 Å². The molecular weight excluding hydrogens is 273 g/mol. The zero-order valence-corrected chi connectivity index (χ0v) is 10.7. The van der Waals surface area contributed by atoms with Gasteiger partial charge in [0.05, 0.1) is 12.2 Å². The fourth-order valence-corrected chi connectivity index (χ4v) is 2.22. The lowest BCUT2D eigenvalue weighted by Gasteiger charge is -2.15. The standard InChI is InChI=1S/C13H15F3N2O2/c14-9-1-2-10(13(16)12(9)15)17-11(20)6-18-4-3-8(5-18)7-19/h1-2,8,19H,3-7H2,(H,17,20). The average molecular weight is 288 g/mol. The number of amides is 1. The Kier molecular flexibility index (Phi) is 4.61. The number of hydrogen-bond donors (Lipinski definition) is 2. The summed E-state index contributed by atoms with van der Waals surface area (Å²) in [7, 11) is 0. The third kappa shape index (κ3) is 3.29. The highest BCUT2D eigenvalue weighted by Gasteiger charge is 2.24. The number of likely N-dealkylation sites (tertiary alicyclic amines) is 1. The highest BCUT2D eigenvalue weighted by Crippen LogP contribution is 2.20. The number of carbonyl (C=O) groups is 1. The van der Waals surface area contributed by atoms with E-state index in [2.05, 4.69) is 5.32 Å². The van der Waals surface area contributed by atoms with Gasteiger partial charge in [0.2, 0.25) is 5.91 Å². The van der Waals surface area contributed by atoms with Crippen LogP contribution in [0.5, 0.6) is 0 Å². The first-order chi connectivity index (χ1) is 9.51. The monoisotopic (exact) mass is 288 g/mol. The molecule has 1 aromatic rings. The second-order valence-electron chi connectivity index (χ2n) is 4.84. The van der Waals surface area contributed by atoms with Crippen molar-refractivity contribution in [1.29, 1.82) is 0 Å². The van der Waals surface area contributed by atoms with Gasteiger partial charge in [0.25, 0.3) is 0 Å². The molecule has 2 N–H and O–H groups in total. The Morgan fingerprint density at radius 3 is 2.75 bits per heavy atom. The van der Waals surface area contributed by atoms with Crippen molar-refractivity contribution in [2.45, 2.75) is 6.42 Å². The van der Waals surface area contributed by atoms with E-state index < -0.39 is 23.4 Å². The topological polar surface area (TPSA) is 52.6 Å². The minimum Gasteiger partial charge on any atom is -0.396 e. The van der Waals surface area contributed by atoms with Gasteiger partial charge in [-0.1, -0.05) is 0 Å². The Bertz CT molecular complexity index is 511. The van der Waals surface area contributed by atoms with Gasteiger partial charge in [-0.2, -0.15) is 0 Å². The predicted molar refractivity (Wildman–Crippen MR) is 66.6 cm³/mol. The summed E-state index contributed by atoms with van der Waals surface area (Å²) in [6.45, 7) is 1.34. The third-order valence-electron chi connectivity index (χ3n) is 3.30. The van der Waals surface area contributed by atoms with Crippen LogP contribution >= 0.6 is 0 Å². The minimum absolute atomic E-state index is 0.0228. The molecule has 110 valence electrons. The van der Waals surface area contributed by atoms with E-state index in [0.29, 0.717) is 13.1 Å². The molecule has 4 nitrogen and oxygen atoms in total. The summed E-state index contributed by atoms with van der Waals surface area (Å²) in [6.07, 6.45) is 0.795. The Balaban J connectivity index is 1.94. The average Bonchev–Trinajstić information content (AvgIpc) is 2.87. The second kappa shape index (κ2) is 6.23. The first-order valence-electron chi connectivity index (χ1n) is 6.27. The van der Waals surface area contributed by atoms with Gasteiger partial charge in [-0.15, -0.1) is 0 Å². The molecule has 2 rings (SSSR count). The zero-order valence-electron chi connectivity index (χ0n) is 10.7. The molecule has 1 atom stereocenters. The van der Waals surface area contributed by atoms with Gasteiger partial charge < -0.3 is 10.4 Å². The summed E-state index contributed by atoms with van der Waals surface area (Å²) in [5, 5.41) is 11.2. The molecule has 0 radical (unpaired) electrons. The van der Waals surface area contributed by atoms with Crippen molar-refractivity contribution in [2.24, 2.45) is 5.92 Å². The molecule has 1 unspecified atom stereocenters. The third-order valence-corrected chi connectivity index (χ3v) is 3.30. The molecule has 20 heavy (non-hydrogen) atoms. The van der Waals surface area contributed by atoms with Crippen molar-refractivity contribution < 1.29 is 23.1 Å². The molecule has 0 spiro atoms. The zero-order chi connectivity index (χ0) is 14.7. The van der Waals surface area contributed by atoms with Crippen molar-refractivity contribution in [3.8, 4) is 0 Å². The number of carbonyl (C=O) groups excluding carboxylic acids is 1. The van der Waals surface area contributed by atoms with Crippen LogP contribution in [-0.4, -0.2) is 42.2 Å². The van der Waals surface area contributed by atoms with E-state index in [1.54, 1.807) is 0 Å². The van der Waals surface area contributed by atoms with Crippen LogP contribution in [0.3, 0.4) is 0 Å². The summed E-state index contributed by atoms with van der Waals surface area (Å²) in [5.74, 6) is -4.68. The van der Waals surface area contributed by atoms with Gasteiger partial charge >= 0.3 is 0 Å². The summed E-state index contributed by atoms with van der Waals surface area (Å²) >= 11 is 0. The van der Waals surface area contributed by atoms with Crippen molar-refractivity contribution in [3.63, 3.8) is 0 Å². The fraction of sp³-hybridized carbons (Fsp3) is 0.462. The fourth-order valence-electron chi connectivity index (χ4n) is 2.22. The normalized spacial score (nSPS) is 19.3. The Morgan fingerprint density at radius 2 is 2.10 bits per heavy atom. The van der Waals surface area contributed by atoms with E-state index in [1.165, 1.54) is 0 Å². The van der Waals surface area contributed by atoms with Crippen molar-refractivity contribution >= 4 is 11.6 Å². The summed E-state index contributed by atoms with van der Waals surface area (Å²) in [5.41, 5.74) is -0.383. The van der Waals surface area contributed by atoms with E-state index in [-0.39, 0.29) is 24.8 Å². The van der Waals surface area contributed by atoms with Crippen molar-refractivity contribution in [3.05, 3.63) is 29.6 Å². The molecule has 0 bridgehead atoms. The molecule has 1 aliphatic heterocycles. The Hall–Kier alpha value is -1.60. The molecule has 1 amide bonds. The smallest absolute Gasteiger partial charge is 0.238 e. The quantitative estimate of drug-likeness (QED) is 0.823. The maximum Gasteiger partial charge on any atom is 0.238 e. The molecule has 1 fully saturated rings. The van der Waals surface area contributed by atoms with Crippen LogP contribution in [0.1, 0.15) is 6.42 Å². The van der Waals surface area contributed by atoms with E-state index in [1.807, 2.05) is 4.90 Å². The van der Waals surface area contributed by atoms with Crippen LogP contribution in [0.25, 0.3) is 0 Å². The molecule has 0 aromatic heterocycles. The number of aliphatic hydroxyl groups excluding tert-OH is 1. The number of nitrogens with one attached hydrogen (secondary N) is 1. The van der Waals surface area contributed by atoms with Gasteiger partial charge in [-0.05, 0) is 31.0 Å². The molecule has 1 saturated heterocycles. The molecular formula is C13H15F3N2O2. The summed E-state index contributed by atoms with van der Waals surface area (Å²) in [6, 6.07) is 1.73. The maximum absolute atomic E-state index is 13.4. The van der Waals surface area contributed by atoms with Crippen LogP contribution in [-0.2, 0) is 4.79 Å². The number of benzene rings is 1. The SMILES string of the molecule is O=C(CN1CCC(CO)C1)Nc1ccc(F)c(F)c1F. The van der Waals surface area contributed by atoms with Crippen LogP contribution in [0.4, 0.5) is 18.9 Å². The number of hydrogen-bond acceptors (Lipinski definition) is 3. The molecule has 1 aliphatic rings. The number of halogens is 3. The summed E-state index contributed by atoms with van der Waals surface area (Å²) in [4.78, 5) is 13.5. The van der Waals surface area contributed by atoms with Crippen LogP contribution in [0.2, 0.25) is 0 Å². The molecule has 0 saturated carbocycles. The van der Waals surface area contributed by atoms with E-state index >= 15 is 0 Å². The molecule has 7 heteroatoms. The minimum atomic E-state index is -1.61. The van der Waals surface area contributed by atoms with E-state index in [9.17, 15) is 18.0 Å². The lowest BCUT2D eigenvalue weighted by atomic mass is 10.1. The Labute approximate surface area is 114 Å². The van der Waals surface area contributed by atoms with Gasteiger partial charge in [0.1, 0.15) is 0 Å². The lowest BCUT2D eigenvalue weighted by Crippen LogP contribution is -2.32. The highest BCUT2D eigenvalue weighted by molar-refractivity contribution is 5.92. The lowest BCUT2D eigenvalue weighted by molar-refractivity contribution is -0.117. The largest absolute Gasteiger partial charge is 0.396 e. The van der Waals surface area contributed by atoms with Crippen LogP contribution in [0, 0.1) is 23.4 Å². The second-order valence-corrected chi connectivity index (χ2v) is 4.84. The van der Waals surface area contributed by atoms with Crippen LogP contribution < -0.4 is 5.32 Å². The first kappa shape index (κ1) is 14.8. The van der Waals surface area contributed by atoms with Gasteiger partial charge in [-0.25, -0.2) is 13.2 Å². The summed E-state index contributed by atoms with van der Waals surface area (Å²) < 4.78 is 39.1. The first-order valence-corrected chi connectivity index (χ1v) is 6.27. The van der Waals surface area contributed by atoms with Crippen molar-refractivity contribution in [2.75, 3.05) is 31.6 Å². The van der Waals surface area contributed by atoms with E-state index in [0.717, 1.165) is 18.6 Å². The van der Waals surface area contributed by atoms with Crippen LogP contribution in [0.15, 0.2) is 12.1 Å². The maximum atomic E-state index is 13.4. The number of rotatable bonds is 4. The Morgan fingerprint density at radius 1 is 1.35 bits per heavy atom.